The predicted molar refractivity (Wildman–Crippen MR) is 87.3 cm³/mol. The van der Waals surface area contributed by atoms with Gasteiger partial charge in [0.25, 0.3) is 0 Å². The van der Waals surface area contributed by atoms with Gasteiger partial charge in [-0.2, -0.15) is 0 Å². The molecule has 0 saturated carbocycles. The second kappa shape index (κ2) is 7.91. The van der Waals surface area contributed by atoms with Crippen LogP contribution < -0.4 is 10.6 Å². The minimum absolute atomic E-state index is 0.0278. The number of carbonyl (C=O) groups excluding carboxylic acids is 3. The topological polar surface area (TPSA) is 94.6 Å². The number of nitrogens with one attached hydrogen (secondary N) is 2. The molecule has 0 aliphatic carbocycles. The minimum atomic E-state index is -0.230. The van der Waals surface area contributed by atoms with Gasteiger partial charge in [0.1, 0.15) is 0 Å². The van der Waals surface area contributed by atoms with Gasteiger partial charge >= 0.3 is 6.03 Å². The number of amides is 4. The Bertz CT molecular complexity index is 581. The van der Waals surface area contributed by atoms with Crippen molar-refractivity contribution in [3.63, 3.8) is 0 Å². The lowest BCUT2D eigenvalue weighted by molar-refractivity contribution is -0.130. The van der Waals surface area contributed by atoms with Gasteiger partial charge in [-0.05, 0) is 6.92 Å². The third-order valence-electron chi connectivity index (χ3n) is 3.49. The smallest absolute Gasteiger partial charge is 0.323 e. The molecule has 8 nitrogen and oxygen atoms in total. The number of carbonyl (C=O) groups is 3. The van der Waals surface area contributed by atoms with Crippen molar-refractivity contribution in [3.05, 3.63) is 11.1 Å². The average molecular weight is 339 g/mol. The SMILES string of the molecule is CCNC(=O)Cc1csc(NC(=O)N2CCN(C(C)=O)CC2)n1. The van der Waals surface area contributed by atoms with Crippen molar-refractivity contribution >= 4 is 34.3 Å². The number of likely N-dealkylation sites (N-methyl/N-ethyl adjacent to an activating group) is 1. The first-order valence-corrected chi connectivity index (χ1v) is 8.40. The van der Waals surface area contributed by atoms with Gasteiger partial charge in [-0.1, -0.05) is 0 Å². The molecule has 126 valence electrons. The number of piperazine rings is 1. The van der Waals surface area contributed by atoms with Crippen molar-refractivity contribution in [2.75, 3.05) is 38.0 Å². The number of hydrogen-bond donors (Lipinski definition) is 2. The van der Waals surface area contributed by atoms with Gasteiger partial charge in [0.2, 0.25) is 11.8 Å². The molecule has 0 radical (unpaired) electrons. The molecule has 9 heteroatoms. The summed E-state index contributed by atoms with van der Waals surface area (Å²) in [5, 5.41) is 7.69. The molecule has 0 bridgehead atoms. The average Bonchev–Trinajstić information content (AvgIpc) is 2.94. The molecule has 2 rings (SSSR count). The van der Waals surface area contributed by atoms with Gasteiger partial charge in [0, 0.05) is 45.0 Å². The minimum Gasteiger partial charge on any atom is -0.356 e. The van der Waals surface area contributed by atoms with Crippen LogP contribution in [0, 0.1) is 0 Å². The molecule has 1 saturated heterocycles. The molecule has 0 spiro atoms. The highest BCUT2D eigenvalue weighted by molar-refractivity contribution is 7.13. The Morgan fingerprint density at radius 2 is 1.87 bits per heavy atom. The molecule has 2 heterocycles. The van der Waals surface area contributed by atoms with Crippen LogP contribution in [0.1, 0.15) is 19.5 Å². The third kappa shape index (κ3) is 4.92. The second-order valence-corrected chi connectivity index (χ2v) is 6.06. The number of hydrogen-bond acceptors (Lipinski definition) is 5. The van der Waals surface area contributed by atoms with Crippen LogP contribution in [-0.4, -0.2) is 65.4 Å². The Balaban J connectivity index is 1.83. The second-order valence-electron chi connectivity index (χ2n) is 5.20. The largest absolute Gasteiger partial charge is 0.356 e. The maximum atomic E-state index is 12.2. The van der Waals surface area contributed by atoms with Crippen molar-refractivity contribution < 1.29 is 14.4 Å². The summed E-state index contributed by atoms with van der Waals surface area (Å²) >= 11 is 1.29. The molecule has 0 aromatic carbocycles. The summed E-state index contributed by atoms with van der Waals surface area (Å²) in [7, 11) is 0. The zero-order valence-electron chi connectivity index (χ0n) is 13.3. The fourth-order valence-corrected chi connectivity index (χ4v) is 2.96. The van der Waals surface area contributed by atoms with Crippen molar-refractivity contribution in [2.24, 2.45) is 0 Å². The first-order valence-electron chi connectivity index (χ1n) is 7.52. The Hall–Kier alpha value is -2.16. The zero-order valence-corrected chi connectivity index (χ0v) is 14.1. The molecule has 1 aliphatic heterocycles. The summed E-state index contributed by atoms with van der Waals surface area (Å²) in [5.41, 5.74) is 0.637. The quantitative estimate of drug-likeness (QED) is 0.836. The molecule has 1 aromatic heterocycles. The summed E-state index contributed by atoms with van der Waals surface area (Å²) in [6, 6.07) is -0.230. The highest BCUT2D eigenvalue weighted by Gasteiger charge is 2.22. The molecular weight excluding hydrogens is 318 g/mol. The van der Waals surface area contributed by atoms with E-state index in [2.05, 4.69) is 15.6 Å². The van der Waals surface area contributed by atoms with Crippen LogP contribution in [0.2, 0.25) is 0 Å². The van der Waals surface area contributed by atoms with Gasteiger partial charge in [-0.25, -0.2) is 9.78 Å². The van der Waals surface area contributed by atoms with E-state index in [1.807, 2.05) is 6.92 Å². The Morgan fingerprint density at radius 3 is 2.48 bits per heavy atom. The van der Waals surface area contributed by atoms with Gasteiger partial charge in [0.15, 0.2) is 5.13 Å². The van der Waals surface area contributed by atoms with E-state index in [0.717, 1.165) is 0 Å². The fraction of sp³-hybridized carbons (Fsp3) is 0.571. The Kier molecular flexibility index (Phi) is 5.91. The molecule has 2 N–H and O–H groups in total. The van der Waals surface area contributed by atoms with Crippen LogP contribution in [0.15, 0.2) is 5.38 Å². The molecule has 1 fully saturated rings. The van der Waals surface area contributed by atoms with Gasteiger partial charge in [0.05, 0.1) is 12.1 Å². The van der Waals surface area contributed by atoms with Gasteiger partial charge < -0.3 is 15.1 Å². The van der Waals surface area contributed by atoms with Crippen LogP contribution in [0.3, 0.4) is 0 Å². The Labute approximate surface area is 138 Å². The molecule has 4 amide bonds. The highest BCUT2D eigenvalue weighted by atomic mass is 32.1. The molecule has 1 aromatic rings. The van der Waals surface area contributed by atoms with Gasteiger partial charge in [-0.3, -0.25) is 14.9 Å². The third-order valence-corrected chi connectivity index (χ3v) is 4.30. The van der Waals surface area contributed by atoms with E-state index in [-0.39, 0.29) is 24.3 Å². The molecule has 1 aliphatic rings. The van der Waals surface area contributed by atoms with Crippen LogP contribution in [0.5, 0.6) is 0 Å². The molecule has 0 unspecified atom stereocenters. The van der Waals surface area contributed by atoms with Gasteiger partial charge in [-0.15, -0.1) is 11.3 Å². The fourth-order valence-electron chi connectivity index (χ4n) is 2.26. The maximum Gasteiger partial charge on any atom is 0.323 e. The Morgan fingerprint density at radius 1 is 1.22 bits per heavy atom. The number of nitrogens with zero attached hydrogens (tertiary/aromatic N) is 3. The summed E-state index contributed by atoms with van der Waals surface area (Å²) < 4.78 is 0. The standard InChI is InChI=1S/C14H21N5O3S/c1-3-15-12(21)8-11-9-23-13(16-11)17-14(22)19-6-4-18(5-7-19)10(2)20/h9H,3-8H2,1-2H3,(H,15,21)(H,16,17,22). The number of anilines is 1. The molecular formula is C14H21N5O3S. The normalized spacial score (nSPS) is 14.5. The van der Waals surface area contributed by atoms with Crippen LogP contribution in [0.25, 0.3) is 0 Å². The van der Waals surface area contributed by atoms with Crippen LogP contribution in [0.4, 0.5) is 9.93 Å². The van der Waals surface area contributed by atoms with Crippen molar-refractivity contribution in [1.82, 2.24) is 20.1 Å². The lowest BCUT2D eigenvalue weighted by Gasteiger charge is -2.33. The highest BCUT2D eigenvalue weighted by Crippen LogP contribution is 2.17. The molecule has 23 heavy (non-hydrogen) atoms. The first kappa shape index (κ1) is 17.2. The first-order chi connectivity index (χ1) is 11.0. The summed E-state index contributed by atoms with van der Waals surface area (Å²) in [6.07, 6.45) is 0.206. The van der Waals surface area contributed by atoms with E-state index < -0.39 is 0 Å². The molecule has 0 atom stereocenters. The summed E-state index contributed by atoms with van der Waals surface area (Å²) in [4.78, 5) is 42.6. The van der Waals surface area contributed by atoms with E-state index in [1.165, 1.54) is 18.3 Å². The maximum absolute atomic E-state index is 12.2. The van der Waals surface area contributed by atoms with E-state index in [1.54, 1.807) is 15.2 Å². The predicted octanol–water partition coefficient (Wildman–Crippen LogP) is 0.518. The monoisotopic (exact) mass is 339 g/mol. The van der Waals surface area contributed by atoms with E-state index >= 15 is 0 Å². The number of aromatic nitrogens is 1. The van der Waals surface area contributed by atoms with E-state index in [4.69, 9.17) is 0 Å². The number of urea groups is 1. The van der Waals surface area contributed by atoms with Crippen molar-refractivity contribution in [3.8, 4) is 0 Å². The van der Waals surface area contributed by atoms with Crippen molar-refractivity contribution in [1.29, 1.82) is 0 Å². The summed E-state index contributed by atoms with van der Waals surface area (Å²) in [5.74, 6) is -0.0592. The van der Waals surface area contributed by atoms with Crippen LogP contribution in [-0.2, 0) is 16.0 Å². The van der Waals surface area contributed by atoms with Crippen molar-refractivity contribution in [2.45, 2.75) is 20.3 Å². The lowest BCUT2D eigenvalue weighted by atomic mass is 10.3. The lowest BCUT2D eigenvalue weighted by Crippen LogP contribution is -2.51. The number of rotatable bonds is 4. The zero-order chi connectivity index (χ0) is 16.8. The van der Waals surface area contributed by atoms with Crippen LogP contribution >= 0.6 is 11.3 Å². The summed E-state index contributed by atoms with van der Waals surface area (Å²) in [6.45, 7) is 6.06. The van der Waals surface area contributed by atoms with E-state index in [9.17, 15) is 14.4 Å². The van der Waals surface area contributed by atoms with E-state index in [0.29, 0.717) is 43.5 Å². The number of thiazole rings is 1.